The number of nitrogens with zero attached hydrogens (tertiary/aromatic N) is 2. The first-order valence-electron chi connectivity index (χ1n) is 10.2. The van der Waals surface area contributed by atoms with E-state index in [-0.39, 0.29) is 17.8 Å². The van der Waals surface area contributed by atoms with E-state index in [0.717, 1.165) is 0 Å². The number of carboxylic acids is 1. The number of β-lactam (4-membered cyclic amide) rings is 1. The van der Waals surface area contributed by atoms with Gasteiger partial charge in [-0.15, -0.1) is 11.8 Å². The number of rotatable bonds is 6. The number of carbonyl (C=O) groups excluding carboxylic acids is 3. The van der Waals surface area contributed by atoms with Gasteiger partial charge in [0, 0.05) is 16.6 Å². The van der Waals surface area contributed by atoms with E-state index in [4.69, 9.17) is 5.73 Å². The van der Waals surface area contributed by atoms with Crippen LogP contribution in [0.2, 0.25) is 0 Å². The summed E-state index contributed by atoms with van der Waals surface area (Å²) in [7, 11) is 0. The minimum absolute atomic E-state index is 0.0775. The first-order chi connectivity index (χ1) is 15.6. The van der Waals surface area contributed by atoms with Gasteiger partial charge in [-0.3, -0.25) is 14.4 Å². The van der Waals surface area contributed by atoms with E-state index in [2.05, 4.69) is 15.6 Å². The highest BCUT2D eigenvalue weighted by atomic mass is 32.2. The monoisotopic (exact) mass is 469 g/mol. The molecule has 0 aliphatic carbocycles. The Labute approximate surface area is 193 Å². The number of amides is 3. The van der Waals surface area contributed by atoms with E-state index in [9.17, 15) is 24.3 Å². The molecule has 172 valence electrons. The van der Waals surface area contributed by atoms with Crippen LogP contribution in [0, 0.1) is 0 Å². The molecule has 2 fully saturated rings. The standard InChI is InChI=1S/C22H23N5O5S/c1-22(2)16(21(31)32)27-19(30)15(20(27)33-22)26-14(28)10-11-6-3-4-8-13(11)25-18(29)12-7-5-9-24-17(12)23/h3-9,15-16,20H,10H2,1-2H3,(H2,23,24)(H,25,29)(H,26,28)(H,31,32)/t15?,16-,20+/m0/s1. The maximum Gasteiger partial charge on any atom is 0.327 e. The number of carboxylic acid groups (broad SMARTS) is 1. The van der Waals surface area contributed by atoms with Crippen molar-refractivity contribution in [2.24, 2.45) is 0 Å². The van der Waals surface area contributed by atoms with Crippen LogP contribution in [0.25, 0.3) is 0 Å². The normalized spacial score (nSPS) is 22.8. The SMILES string of the molecule is CC1(C)S[C@@H]2C(NC(=O)Cc3ccccc3NC(=O)c3cccnc3N)C(=O)N2[C@H]1C(=O)O. The van der Waals surface area contributed by atoms with E-state index >= 15 is 0 Å². The topological polar surface area (TPSA) is 155 Å². The van der Waals surface area contributed by atoms with Crippen LogP contribution in [0.5, 0.6) is 0 Å². The van der Waals surface area contributed by atoms with Crippen LogP contribution >= 0.6 is 11.8 Å². The van der Waals surface area contributed by atoms with Gasteiger partial charge in [0.25, 0.3) is 5.91 Å². The Morgan fingerprint density at radius 2 is 1.94 bits per heavy atom. The number of anilines is 2. The Morgan fingerprint density at radius 1 is 1.21 bits per heavy atom. The van der Waals surface area contributed by atoms with Crippen LogP contribution in [0.4, 0.5) is 11.5 Å². The van der Waals surface area contributed by atoms with E-state index in [1.807, 2.05) is 0 Å². The fourth-order valence-corrected chi connectivity index (χ4v) is 5.76. The molecule has 1 aromatic carbocycles. The maximum atomic E-state index is 12.7. The van der Waals surface area contributed by atoms with E-state index in [0.29, 0.717) is 11.3 Å². The molecule has 5 N–H and O–H groups in total. The average molecular weight is 470 g/mol. The van der Waals surface area contributed by atoms with Crippen LogP contribution in [-0.2, 0) is 20.8 Å². The van der Waals surface area contributed by atoms with E-state index < -0.39 is 45.9 Å². The van der Waals surface area contributed by atoms with Gasteiger partial charge in [-0.1, -0.05) is 18.2 Å². The summed E-state index contributed by atoms with van der Waals surface area (Å²) in [5.74, 6) is -2.25. The summed E-state index contributed by atoms with van der Waals surface area (Å²) in [6, 6.07) is 8.24. The lowest BCUT2D eigenvalue weighted by Crippen LogP contribution is -2.70. The minimum atomic E-state index is -1.06. The van der Waals surface area contributed by atoms with Crippen LogP contribution in [0.1, 0.15) is 29.8 Å². The maximum absolute atomic E-state index is 12.7. The summed E-state index contributed by atoms with van der Waals surface area (Å²) in [4.78, 5) is 54.8. The van der Waals surface area contributed by atoms with Crippen molar-refractivity contribution in [3.63, 3.8) is 0 Å². The number of nitrogens with two attached hydrogens (primary N) is 1. The Balaban J connectivity index is 1.43. The highest BCUT2D eigenvalue weighted by molar-refractivity contribution is 8.01. The third-order valence-electron chi connectivity index (χ3n) is 5.69. The van der Waals surface area contributed by atoms with Gasteiger partial charge in [0.2, 0.25) is 11.8 Å². The number of aliphatic carboxylic acids is 1. The lowest BCUT2D eigenvalue weighted by atomic mass is 9.96. The molecule has 2 aromatic rings. The molecule has 0 saturated carbocycles. The van der Waals surface area contributed by atoms with Crippen molar-refractivity contribution in [1.29, 1.82) is 0 Å². The Hall–Kier alpha value is -3.60. The number of fused-ring (bicyclic) bond motifs is 1. The minimum Gasteiger partial charge on any atom is -0.480 e. The molecule has 2 saturated heterocycles. The van der Waals surface area contributed by atoms with Crippen LogP contribution < -0.4 is 16.4 Å². The number of nitrogen functional groups attached to an aromatic ring is 1. The smallest absolute Gasteiger partial charge is 0.327 e. The van der Waals surface area contributed by atoms with Gasteiger partial charge in [-0.05, 0) is 37.6 Å². The van der Waals surface area contributed by atoms with Crippen molar-refractivity contribution >= 4 is 47.0 Å². The molecule has 1 unspecified atom stereocenters. The quantitative estimate of drug-likeness (QED) is 0.458. The Kier molecular flexibility index (Phi) is 5.75. The number of aromatic nitrogens is 1. The second-order valence-electron chi connectivity index (χ2n) is 8.37. The molecule has 11 heteroatoms. The third kappa shape index (κ3) is 4.11. The van der Waals surface area contributed by atoms with Crippen molar-refractivity contribution in [2.75, 3.05) is 11.1 Å². The van der Waals surface area contributed by atoms with E-state index in [1.54, 1.807) is 50.2 Å². The highest BCUT2D eigenvalue weighted by Crippen LogP contribution is 2.50. The van der Waals surface area contributed by atoms with Crippen molar-refractivity contribution in [2.45, 2.75) is 42.5 Å². The van der Waals surface area contributed by atoms with Gasteiger partial charge in [0.1, 0.15) is 23.3 Å². The van der Waals surface area contributed by atoms with Crippen molar-refractivity contribution in [3.05, 3.63) is 53.7 Å². The number of hydrogen-bond acceptors (Lipinski definition) is 7. The summed E-state index contributed by atoms with van der Waals surface area (Å²) in [5.41, 5.74) is 6.96. The first-order valence-corrected chi connectivity index (χ1v) is 11.1. The van der Waals surface area contributed by atoms with Crippen LogP contribution in [0.15, 0.2) is 42.6 Å². The van der Waals surface area contributed by atoms with Gasteiger partial charge in [-0.25, -0.2) is 9.78 Å². The molecule has 2 aliphatic rings. The predicted octanol–water partition coefficient (Wildman–Crippen LogP) is 1.09. The summed E-state index contributed by atoms with van der Waals surface area (Å²) >= 11 is 1.36. The fraction of sp³-hybridized carbons (Fsp3) is 0.318. The zero-order chi connectivity index (χ0) is 23.9. The molecule has 0 radical (unpaired) electrons. The molecule has 0 spiro atoms. The molecule has 4 rings (SSSR count). The van der Waals surface area contributed by atoms with Gasteiger partial charge in [0.15, 0.2) is 0 Å². The molecule has 0 bridgehead atoms. The van der Waals surface area contributed by atoms with Gasteiger partial charge in [0.05, 0.1) is 12.0 Å². The highest BCUT2D eigenvalue weighted by Gasteiger charge is 2.64. The number of para-hydroxylation sites is 1. The molecule has 1 aromatic heterocycles. The predicted molar refractivity (Wildman–Crippen MR) is 122 cm³/mol. The third-order valence-corrected chi connectivity index (χ3v) is 7.26. The van der Waals surface area contributed by atoms with Crippen molar-refractivity contribution < 1.29 is 24.3 Å². The molecule has 33 heavy (non-hydrogen) atoms. The second-order valence-corrected chi connectivity index (χ2v) is 10.1. The zero-order valence-corrected chi connectivity index (χ0v) is 18.8. The summed E-state index contributed by atoms with van der Waals surface area (Å²) in [5, 5.41) is 14.5. The average Bonchev–Trinajstić information content (AvgIpc) is 3.01. The number of benzene rings is 1. The summed E-state index contributed by atoms with van der Waals surface area (Å²) in [6.45, 7) is 3.55. The van der Waals surface area contributed by atoms with Crippen LogP contribution in [-0.4, -0.2) is 60.9 Å². The molecule has 10 nitrogen and oxygen atoms in total. The number of thioether (sulfide) groups is 1. The largest absolute Gasteiger partial charge is 0.480 e. The van der Waals surface area contributed by atoms with Gasteiger partial charge in [-0.2, -0.15) is 0 Å². The number of nitrogens with one attached hydrogen (secondary N) is 2. The number of pyridine rings is 1. The lowest BCUT2D eigenvalue weighted by molar-refractivity contribution is -0.161. The summed E-state index contributed by atoms with van der Waals surface area (Å²) < 4.78 is -0.670. The van der Waals surface area contributed by atoms with E-state index in [1.165, 1.54) is 22.9 Å². The van der Waals surface area contributed by atoms with Gasteiger partial charge < -0.3 is 26.4 Å². The molecule has 3 amide bonds. The molecule has 2 aliphatic heterocycles. The first kappa shape index (κ1) is 22.6. The number of hydrogen-bond donors (Lipinski definition) is 4. The van der Waals surface area contributed by atoms with Crippen LogP contribution in [0.3, 0.4) is 0 Å². The van der Waals surface area contributed by atoms with Gasteiger partial charge >= 0.3 is 5.97 Å². The molecule has 3 heterocycles. The Bertz CT molecular complexity index is 1150. The summed E-state index contributed by atoms with van der Waals surface area (Å²) in [6.07, 6.45) is 1.40. The lowest BCUT2D eigenvalue weighted by Gasteiger charge is -2.43. The fourth-order valence-electron chi connectivity index (χ4n) is 4.14. The zero-order valence-electron chi connectivity index (χ0n) is 17.9. The van der Waals surface area contributed by atoms with Crippen molar-refractivity contribution in [3.8, 4) is 0 Å². The molecular formula is C22H23N5O5S. The molecule has 3 atom stereocenters. The molecular weight excluding hydrogens is 446 g/mol. The van der Waals surface area contributed by atoms with Crippen molar-refractivity contribution in [1.82, 2.24) is 15.2 Å². The second kappa shape index (κ2) is 8.39. The number of carbonyl (C=O) groups is 4. The Morgan fingerprint density at radius 3 is 2.64 bits per heavy atom.